The summed E-state index contributed by atoms with van der Waals surface area (Å²) in [6, 6.07) is 10.7. The van der Waals surface area contributed by atoms with E-state index in [4.69, 9.17) is 5.11 Å². The van der Waals surface area contributed by atoms with Crippen LogP contribution in [0.15, 0.2) is 42.7 Å². The van der Waals surface area contributed by atoms with Gasteiger partial charge in [0.2, 0.25) is 5.95 Å². The zero-order chi connectivity index (χ0) is 18.8. The number of nitrogens with zero attached hydrogens (tertiary/aromatic N) is 4. The van der Waals surface area contributed by atoms with Gasteiger partial charge in [0.25, 0.3) is 0 Å². The first-order chi connectivity index (χ1) is 13.1. The van der Waals surface area contributed by atoms with Crippen molar-refractivity contribution in [2.24, 2.45) is 0 Å². The summed E-state index contributed by atoms with van der Waals surface area (Å²) in [5.74, 6) is -0.315. The maximum atomic E-state index is 11.0. The Morgan fingerprint density at radius 2 is 1.89 bits per heavy atom. The van der Waals surface area contributed by atoms with Crippen LogP contribution >= 0.6 is 0 Å². The lowest BCUT2D eigenvalue weighted by Gasteiger charge is -2.11. The van der Waals surface area contributed by atoms with E-state index in [-0.39, 0.29) is 6.54 Å². The van der Waals surface area contributed by atoms with Gasteiger partial charge in [-0.1, -0.05) is 31.2 Å². The van der Waals surface area contributed by atoms with Crippen LogP contribution in [-0.4, -0.2) is 36.9 Å². The van der Waals surface area contributed by atoms with E-state index in [2.05, 4.69) is 44.6 Å². The number of nitrogens with one attached hydrogen (secondary N) is 1. The second kappa shape index (κ2) is 7.19. The fourth-order valence-corrected chi connectivity index (χ4v) is 3.52. The molecule has 7 heteroatoms. The molecular formula is C20H21N5O2. The van der Waals surface area contributed by atoms with Gasteiger partial charge >= 0.3 is 5.97 Å². The van der Waals surface area contributed by atoms with Crippen LogP contribution in [-0.2, 0) is 30.6 Å². The second-order valence-electron chi connectivity index (χ2n) is 6.74. The van der Waals surface area contributed by atoms with Crippen molar-refractivity contribution in [1.82, 2.24) is 19.7 Å². The van der Waals surface area contributed by atoms with Gasteiger partial charge in [0.15, 0.2) is 0 Å². The standard InChI is InChI=1S/C20H21N5O2/c1-2-17-9-18(24-25(17)12-19(26)27)15-10-21-20(22-11-15)23-16-7-13-5-3-4-6-14(13)8-16/h3-6,9-11,16H,2,7-8,12H2,1H3,(H,26,27)(H,21,22,23). The number of rotatable bonds is 6. The maximum absolute atomic E-state index is 11.0. The summed E-state index contributed by atoms with van der Waals surface area (Å²) in [5, 5.41) is 16.8. The minimum atomic E-state index is -0.910. The summed E-state index contributed by atoms with van der Waals surface area (Å²) in [6.45, 7) is 1.83. The Bertz CT molecular complexity index is 940. The molecule has 0 atom stereocenters. The zero-order valence-electron chi connectivity index (χ0n) is 15.1. The molecule has 0 saturated carbocycles. The van der Waals surface area contributed by atoms with E-state index in [9.17, 15) is 4.79 Å². The number of hydrogen-bond donors (Lipinski definition) is 2. The minimum Gasteiger partial charge on any atom is -0.480 e. The van der Waals surface area contributed by atoms with Crippen molar-refractivity contribution < 1.29 is 9.90 Å². The van der Waals surface area contributed by atoms with Crippen LogP contribution in [0.4, 0.5) is 5.95 Å². The van der Waals surface area contributed by atoms with Crippen LogP contribution in [0.25, 0.3) is 11.3 Å². The van der Waals surface area contributed by atoms with Crippen molar-refractivity contribution in [3.63, 3.8) is 0 Å². The highest BCUT2D eigenvalue weighted by molar-refractivity contribution is 5.67. The Kier molecular flexibility index (Phi) is 4.58. The molecule has 27 heavy (non-hydrogen) atoms. The van der Waals surface area contributed by atoms with E-state index in [1.54, 1.807) is 12.4 Å². The van der Waals surface area contributed by atoms with E-state index in [0.717, 1.165) is 24.1 Å². The summed E-state index contributed by atoms with van der Waals surface area (Å²) >= 11 is 0. The molecule has 0 saturated heterocycles. The number of benzene rings is 1. The second-order valence-corrected chi connectivity index (χ2v) is 6.74. The molecule has 1 aromatic carbocycles. The van der Waals surface area contributed by atoms with Crippen molar-refractivity contribution in [3.8, 4) is 11.3 Å². The highest BCUT2D eigenvalue weighted by Crippen LogP contribution is 2.24. The molecule has 2 heterocycles. The SMILES string of the molecule is CCc1cc(-c2cnc(NC3Cc4ccccc4C3)nc2)nn1CC(=O)O. The third-order valence-corrected chi connectivity index (χ3v) is 4.84. The van der Waals surface area contributed by atoms with Crippen LogP contribution in [0.1, 0.15) is 23.7 Å². The van der Waals surface area contributed by atoms with Gasteiger partial charge in [-0.05, 0) is 36.5 Å². The Labute approximate surface area is 157 Å². The molecule has 3 aromatic rings. The van der Waals surface area contributed by atoms with Crippen LogP contribution in [0.3, 0.4) is 0 Å². The van der Waals surface area contributed by atoms with Crippen LogP contribution in [0, 0.1) is 0 Å². The van der Waals surface area contributed by atoms with Crippen molar-refractivity contribution in [2.75, 3.05) is 5.32 Å². The monoisotopic (exact) mass is 363 g/mol. The maximum Gasteiger partial charge on any atom is 0.325 e. The average Bonchev–Trinajstić information content (AvgIpc) is 3.25. The molecule has 0 radical (unpaired) electrons. The normalized spacial score (nSPS) is 13.5. The van der Waals surface area contributed by atoms with E-state index in [0.29, 0.717) is 24.1 Å². The third kappa shape index (κ3) is 3.67. The molecule has 7 nitrogen and oxygen atoms in total. The largest absolute Gasteiger partial charge is 0.480 e. The van der Waals surface area contributed by atoms with Gasteiger partial charge in [-0.15, -0.1) is 0 Å². The minimum absolute atomic E-state index is 0.147. The van der Waals surface area contributed by atoms with Crippen molar-refractivity contribution in [3.05, 3.63) is 59.5 Å². The number of carboxylic acids is 1. The Morgan fingerprint density at radius 3 is 2.48 bits per heavy atom. The molecule has 0 fully saturated rings. The number of aliphatic carboxylic acids is 1. The van der Waals surface area contributed by atoms with E-state index in [1.165, 1.54) is 15.8 Å². The lowest BCUT2D eigenvalue weighted by atomic mass is 10.1. The van der Waals surface area contributed by atoms with E-state index >= 15 is 0 Å². The lowest BCUT2D eigenvalue weighted by molar-refractivity contribution is -0.137. The predicted octanol–water partition coefficient (Wildman–Crippen LogP) is 2.57. The Morgan fingerprint density at radius 1 is 1.22 bits per heavy atom. The highest BCUT2D eigenvalue weighted by atomic mass is 16.4. The summed E-state index contributed by atoms with van der Waals surface area (Å²) in [7, 11) is 0. The first-order valence-electron chi connectivity index (χ1n) is 9.06. The van der Waals surface area contributed by atoms with E-state index in [1.807, 2.05) is 13.0 Å². The summed E-state index contributed by atoms with van der Waals surface area (Å²) in [5.41, 5.74) is 5.09. The van der Waals surface area contributed by atoms with Gasteiger partial charge in [-0.25, -0.2) is 9.97 Å². The fourth-order valence-electron chi connectivity index (χ4n) is 3.52. The zero-order valence-corrected chi connectivity index (χ0v) is 15.1. The van der Waals surface area contributed by atoms with Gasteiger partial charge in [-0.2, -0.15) is 5.10 Å². The molecule has 1 aliphatic rings. The predicted molar refractivity (Wildman–Crippen MR) is 102 cm³/mol. The smallest absolute Gasteiger partial charge is 0.325 e. The Hall–Kier alpha value is -3.22. The molecule has 0 spiro atoms. The number of aryl methyl sites for hydroxylation is 1. The third-order valence-electron chi connectivity index (χ3n) is 4.84. The topological polar surface area (TPSA) is 92.9 Å². The molecule has 4 rings (SSSR count). The molecule has 0 aliphatic heterocycles. The van der Waals surface area contributed by atoms with Gasteiger partial charge in [-0.3, -0.25) is 9.48 Å². The molecule has 0 unspecified atom stereocenters. The summed E-state index contributed by atoms with van der Waals surface area (Å²) in [6.07, 6.45) is 6.11. The number of anilines is 1. The average molecular weight is 363 g/mol. The quantitative estimate of drug-likeness (QED) is 0.699. The van der Waals surface area contributed by atoms with Crippen molar-refractivity contribution >= 4 is 11.9 Å². The Balaban J connectivity index is 1.47. The van der Waals surface area contributed by atoms with Gasteiger partial charge in [0.1, 0.15) is 6.54 Å². The first kappa shape index (κ1) is 17.2. The molecule has 0 bridgehead atoms. The number of hydrogen-bond acceptors (Lipinski definition) is 5. The number of carboxylic acid groups (broad SMARTS) is 1. The molecule has 2 N–H and O–H groups in total. The van der Waals surface area contributed by atoms with Crippen molar-refractivity contribution in [2.45, 2.75) is 38.8 Å². The van der Waals surface area contributed by atoms with Gasteiger partial charge in [0.05, 0.1) is 5.69 Å². The fraction of sp³-hybridized carbons (Fsp3) is 0.300. The summed E-state index contributed by atoms with van der Waals surface area (Å²) < 4.78 is 1.51. The van der Waals surface area contributed by atoms with Gasteiger partial charge < -0.3 is 10.4 Å². The molecule has 1 aliphatic carbocycles. The highest BCUT2D eigenvalue weighted by Gasteiger charge is 2.21. The molecule has 138 valence electrons. The number of fused-ring (bicyclic) bond motifs is 1. The lowest BCUT2D eigenvalue weighted by Crippen LogP contribution is -2.20. The van der Waals surface area contributed by atoms with Crippen LogP contribution in [0.2, 0.25) is 0 Å². The van der Waals surface area contributed by atoms with Crippen LogP contribution < -0.4 is 5.32 Å². The molecule has 0 amide bonds. The number of aromatic nitrogens is 4. The van der Waals surface area contributed by atoms with E-state index < -0.39 is 5.97 Å². The first-order valence-corrected chi connectivity index (χ1v) is 9.06. The molecule has 2 aromatic heterocycles. The number of carbonyl (C=O) groups is 1. The molecular weight excluding hydrogens is 342 g/mol. The van der Waals surface area contributed by atoms with Crippen LogP contribution in [0.5, 0.6) is 0 Å². The van der Waals surface area contributed by atoms with Crippen molar-refractivity contribution in [1.29, 1.82) is 0 Å². The van der Waals surface area contributed by atoms with Gasteiger partial charge in [0, 0.05) is 29.7 Å². The summed E-state index contributed by atoms with van der Waals surface area (Å²) in [4.78, 5) is 19.8.